The molecule has 2 N–H and O–H groups in total. The van der Waals surface area contributed by atoms with E-state index in [1.807, 2.05) is 6.20 Å². The van der Waals surface area contributed by atoms with Crippen LogP contribution >= 0.6 is 11.3 Å². The number of hydrogen-bond donors (Lipinski definition) is 2. The Balaban J connectivity index is 1.76. The van der Waals surface area contributed by atoms with Gasteiger partial charge in [0, 0.05) is 29.2 Å². The minimum atomic E-state index is -0.611. The Morgan fingerprint density at radius 2 is 2.28 bits per heavy atom. The van der Waals surface area contributed by atoms with E-state index in [9.17, 15) is 4.39 Å². The van der Waals surface area contributed by atoms with E-state index in [1.54, 1.807) is 17.4 Å². The van der Waals surface area contributed by atoms with Gasteiger partial charge in [0.2, 0.25) is 0 Å². The maximum atomic E-state index is 13.2. The van der Waals surface area contributed by atoms with E-state index in [0.29, 0.717) is 11.6 Å². The second-order valence-corrected chi connectivity index (χ2v) is 5.57. The maximum Gasteiger partial charge on any atom is 0.165 e. The van der Waals surface area contributed by atoms with Crippen molar-refractivity contribution in [3.8, 4) is 16.3 Å². The molecule has 1 aromatic heterocycles. The van der Waals surface area contributed by atoms with Crippen LogP contribution in [0.5, 0.6) is 5.75 Å². The number of aromatic nitrogens is 1. The standard InChI is InChI=1S/C13H13FN2OS/c14-11-5-8(1-4-12(11)17)13-16-7-10(18-13)6-15-9-2-3-9/h1,4-5,7,9,15,17H,2-3,6H2. The first-order valence-corrected chi connectivity index (χ1v) is 6.71. The quantitative estimate of drug-likeness (QED) is 0.892. The lowest BCUT2D eigenvalue weighted by atomic mass is 10.2. The van der Waals surface area contributed by atoms with Crippen molar-refractivity contribution in [3.63, 3.8) is 0 Å². The second-order valence-electron chi connectivity index (χ2n) is 4.45. The first-order valence-electron chi connectivity index (χ1n) is 5.89. The van der Waals surface area contributed by atoms with E-state index >= 15 is 0 Å². The maximum absolute atomic E-state index is 13.2. The van der Waals surface area contributed by atoms with Crippen LogP contribution in [0.3, 0.4) is 0 Å². The highest BCUT2D eigenvalue weighted by Gasteiger charge is 2.20. The van der Waals surface area contributed by atoms with E-state index in [2.05, 4.69) is 10.3 Å². The molecule has 0 radical (unpaired) electrons. The Bertz CT molecular complexity index is 566. The van der Waals surface area contributed by atoms with Gasteiger partial charge in [-0.3, -0.25) is 0 Å². The normalized spacial score (nSPS) is 14.9. The summed E-state index contributed by atoms with van der Waals surface area (Å²) in [7, 11) is 0. The minimum absolute atomic E-state index is 0.328. The first kappa shape index (κ1) is 11.6. The molecule has 3 rings (SSSR count). The van der Waals surface area contributed by atoms with Crippen LogP contribution in [0.2, 0.25) is 0 Å². The fraction of sp³-hybridized carbons (Fsp3) is 0.308. The third-order valence-electron chi connectivity index (χ3n) is 2.89. The van der Waals surface area contributed by atoms with E-state index in [4.69, 9.17) is 5.11 Å². The van der Waals surface area contributed by atoms with Crippen molar-refractivity contribution in [1.82, 2.24) is 10.3 Å². The zero-order chi connectivity index (χ0) is 12.5. The Kier molecular flexibility index (Phi) is 3.01. The highest BCUT2D eigenvalue weighted by molar-refractivity contribution is 7.15. The molecule has 3 nitrogen and oxygen atoms in total. The van der Waals surface area contributed by atoms with Gasteiger partial charge >= 0.3 is 0 Å². The third-order valence-corrected chi connectivity index (χ3v) is 3.94. The number of benzene rings is 1. The van der Waals surface area contributed by atoms with Crippen LogP contribution in [0.4, 0.5) is 4.39 Å². The number of nitrogens with one attached hydrogen (secondary N) is 1. The Morgan fingerprint density at radius 1 is 1.44 bits per heavy atom. The van der Waals surface area contributed by atoms with Crippen molar-refractivity contribution in [2.75, 3.05) is 0 Å². The van der Waals surface area contributed by atoms with Gasteiger partial charge in [-0.15, -0.1) is 11.3 Å². The zero-order valence-electron chi connectivity index (χ0n) is 9.69. The van der Waals surface area contributed by atoms with Crippen LogP contribution < -0.4 is 5.32 Å². The molecule has 0 unspecified atom stereocenters. The fourth-order valence-electron chi connectivity index (χ4n) is 1.70. The summed E-state index contributed by atoms with van der Waals surface area (Å²) in [5.41, 5.74) is 0.702. The molecular formula is C13H13FN2OS. The average molecular weight is 264 g/mol. The topological polar surface area (TPSA) is 45.2 Å². The number of nitrogens with zero attached hydrogens (tertiary/aromatic N) is 1. The van der Waals surface area contributed by atoms with Crippen LogP contribution in [0.25, 0.3) is 10.6 Å². The highest BCUT2D eigenvalue weighted by Crippen LogP contribution is 2.29. The van der Waals surface area contributed by atoms with Crippen molar-refractivity contribution in [2.24, 2.45) is 0 Å². The minimum Gasteiger partial charge on any atom is -0.505 e. The van der Waals surface area contributed by atoms with E-state index in [-0.39, 0.29) is 5.75 Å². The predicted molar refractivity (Wildman–Crippen MR) is 69.0 cm³/mol. The molecule has 1 aliphatic rings. The molecule has 2 aromatic rings. The smallest absolute Gasteiger partial charge is 0.165 e. The number of phenols is 1. The highest BCUT2D eigenvalue weighted by atomic mass is 32.1. The predicted octanol–water partition coefficient (Wildman–Crippen LogP) is 2.91. The summed E-state index contributed by atoms with van der Waals surface area (Å²) < 4.78 is 13.2. The van der Waals surface area contributed by atoms with Gasteiger partial charge in [0.1, 0.15) is 5.01 Å². The fourth-order valence-corrected chi connectivity index (χ4v) is 2.55. The van der Waals surface area contributed by atoms with Gasteiger partial charge in [-0.1, -0.05) is 0 Å². The zero-order valence-corrected chi connectivity index (χ0v) is 10.5. The van der Waals surface area contributed by atoms with Gasteiger partial charge in [0.05, 0.1) is 0 Å². The molecule has 1 fully saturated rings. The molecule has 0 bridgehead atoms. The summed E-state index contributed by atoms with van der Waals surface area (Å²) in [6, 6.07) is 5.01. The lowest BCUT2D eigenvalue weighted by Crippen LogP contribution is -2.14. The molecule has 0 amide bonds. The van der Waals surface area contributed by atoms with E-state index < -0.39 is 5.82 Å². The molecule has 18 heavy (non-hydrogen) atoms. The Morgan fingerprint density at radius 3 is 3.00 bits per heavy atom. The first-order chi connectivity index (χ1) is 8.72. The molecule has 5 heteroatoms. The van der Waals surface area contributed by atoms with Crippen molar-refractivity contribution in [3.05, 3.63) is 35.1 Å². The summed E-state index contributed by atoms with van der Waals surface area (Å²) in [6.07, 6.45) is 4.34. The summed E-state index contributed by atoms with van der Waals surface area (Å²) >= 11 is 1.55. The van der Waals surface area contributed by atoms with Crippen molar-refractivity contribution < 1.29 is 9.50 Å². The number of rotatable bonds is 4. The lowest BCUT2D eigenvalue weighted by Gasteiger charge is -1.99. The molecule has 0 saturated heterocycles. The van der Waals surface area contributed by atoms with Crippen molar-refractivity contribution in [2.45, 2.75) is 25.4 Å². The molecule has 1 aromatic carbocycles. The number of phenolic OH excluding ortho intramolecular Hbond substituents is 1. The van der Waals surface area contributed by atoms with Crippen molar-refractivity contribution in [1.29, 1.82) is 0 Å². The number of aromatic hydroxyl groups is 1. The van der Waals surface area contributed by atoms with Crippen LogP contribution in [-0.4, -0.2) is 16.1 Å². The average Bonchev–Trinajstić information content (AvgIpc) is 3.08. The van der Waals surface area contributed by atoms with Gasteiger partial charge in [0.15, 0.2) is 11.6 Å². The summed E-state index contributed by atoms with van der Waals surface area (Å²) in [5, 5.41) is 13.3. The summed E-state index contributed by atoms with van der Waals surface area (Å²) in [6.45, 7) is 0.822. The van der Waals surface area contributed by atoms with Gasteiger partial charge in [0.25, 0.3) is 0 Å². The largest absolute Gasteiger partial charge is 0.505 e. The molecular weight excluding hydrogens is 251 g/mol. The molecule has 0 spiro atoms. The van der Waals surface area contributed by atoms with Crippen LogP contribution in [0.1, 0.15) is 17.7 Å². The lowest BCUT2D eigenvalue weighted by molar-refractivity contribution is 0.432. The van der Waals surface area contributed by atoms with Gasteiger partial charge in [-0.2, -0.15) is 0 Å². The molecule has 0 aliphatic heterocycles. The number of hydrogen-bond acceptors (Lipinski definition) is 4. The van der Waals surface area contributed by atoms with Gasteiger partial charge in [-0.05, 0) is 31.0 Å². The Hall–Kier alpha value is -1.46. The van der Waals surface area contributed by atoms with Crippen LogP contribution in [0.15, 0.2) is 24.4 Å². The third kappa shape index (κ3) is 2.52. The van der Waals surface area contributed by atoms with Crippen LogP contribution in [-0.2, 0) is 6.54 Å². The summed E-state index contributed by atoms with van der Waals surface area (Å²) in [5.74, 6) is -0.939. The monoisotopic (exact) mass is 264 g/mol. The number of halogens is 1. The van der Waals surface area contributed by atoms with Gasteiger partial charge < -0.3 is 10.4 Å². The van der Waals surface area contributed by atoms with Crippen LogP contribution in [0, 0.1) is 5.82 Å². The molecule has 1 heterocycles. The number of thiazole rings is 1. The summed E-state index contributed by atoms with van der Waals surface area (Å²) in [4.78, 5) is 5.43. The SMILES string of the molecule is Oc1ccc(-c2ncc(CNC3CC3)s2)cc1F. The van der Waals surface area contributed by atoms with Gasteiger partial charge in [-0.25, -0.2) is 9.37 Å². The molecule has 1 saturated carbocycles. The molecule has 0 atom stereocenters. The van der Waals surface area contributed by atoms with E-state index in [1.165, 1.54) is 25.0 Å². The van der Waals surface area contributed by atoms with E-state index in [0.717, 1.165) is 16.4 Å². The van der Waals surface area contributed by atoms with Crippen molar-refractivity contribution >= 4 is 11.3 Å². The Labute approximate surface area is 108 Å². The second kappa shape index (κ2) is 4.66. The molecule has 1 aliphatic carbocycles. The molecule has 94 valence electrons.